The molecule has 0 bridgehead atoms. The first-order chi connectivity index (χ1) is 12.3. The van der Waals surface area contributed by atoms with Crippen molar-refractivity contribution in [2.45, 2.75) is 11.8 Å². The van der Waals surface area contributed by atoms with E-state index in [4.69, 9.17) is 15.2 Å². The molecule has 2 aromatic rings. The molecule has 2 rings (SSSR count). The van der Waals surface area contributed by atoms with Crippen molar-refractivity contribution in [3.05, 3.63) is 54.1 Å². The summed E-state index contributed by atoms with van der Waals surface area (Å²) in [6.07, 6.45) is 0. The molecule has 0 heterocycles. The van der Waals surface area contributed by atoms with Crippen LogP contribution in [0.25, 0.3) is 0 Å². The van der Waals surface area contributed by atoms with Gasteiger partial charge < -0.3 is 15.2 Å². The predicted molar refractivity (Wildman–Crippen MR) is 97.6 cm³/mol. The van der Waals surface area contributed by atoms with Crippen molar-refractivity contribution in [1.29, 1.82) is 0 Å². The zero-order chi connectivity index (χ0) is 19.2. The van der Waals surface area contributed by atoms with Crippen molar-refractivity contribution >= 4 is 15.9 Å². The van der Waals surface area contributed by atoms with Crippen molar-refractivity contribution in [2.24, 2.45) is 5.73 Å². The molecule has 0 spiro atoms. The second-order valence-corrected chi connectivity index (χ2v) is 7.58. The molecule has 7 nitrogen and oxygen atoms in total. The topological polar surface area (TPSA) is 98.9 Å². The Morgan fingerprint density at radius 1 is 1.04 bits per heavy atom. The first-order valence-corrected chi connectivity index (χ1v) is 9.39. The number of nitrogens with zero attached hydrogens (tertiary/aromatic N) is 1. The van der Waals surface area contributed by atoms with Crippen LogP contribution in [0, 0.1) is 6.92 Å². The van der Waals surface area contributed by atoms with Gasteiger partial charge in [0, 0.05) is 6.54 Å². The number of rotatable bonds is 9. The van der Waals surface area contributed by atoms with Gasteiger partial charge >= 0.3 is 0 Å². The van der Waals surface area contributed by atoms with Gasteiger partial charge in [0.25, 0.3) is 0 Å². The summed E-state index contributed by atoms with van der Waals surface area (Å²) in [5, 5.41) is 0. The Morgan fingerprint density at radius 3 is 2.15 bits per heavy atom. The van der Waals surface area contributed by atoms with Gasteiger partial charge in [-0.25, -0.2) is 8.42 Å². The molecular weight excluding hydrogens is 356 g/mol. The van der Waals surface area contributed by atoms with Gasteiger partial charge in [-0.3, -0.25) is 4.79 Å². The molecule has 140 valence electrons. The standard InChI is InChI=1S/C18H22N2O5S/c1-14-3-9-17(10-4-14)26(22,23)20(13-18(19)21)11-12-25-16-7-5-15(24-2)6-8-16/h3-10H,11-13H2,1-2H3,(H2,19,21). The van der Waals surface area contributed by atoms with E-state index in [0.29, 0.717) is 11.5 Å². The molecule has 0 aromatic heterocycles. The van der Waals surface area contributed by atoms with Crippen molar-refractivity contribution in [3.63, 3.8) is 0 Å². The van der Waals surface area contributed by atoms with E-state index in [9.17, 15) is 13.2 Å². The van der Waals surface area contributed by atoms with Crippen LogP contribution < -0.4 is 15.2 Å². The molecule has 0 saturated carbocycles. The molecule has 0 aliphatic carbocycles. The van der Waals surface area contributed by atoms with Crippen molar-refractivity contribution in [2.75, 3.05) is 26.8 Å². The number of nitrogens with two attached hydrogens (primary N) is 1. The fourth-order valence-corrected chi connectivity index (χ4v) is 3.64. The number of carbonyl (C=O) groups is 1. The van der Waals surface area contributed by atoms with Crippen LogP contribution in [0.5, 0.6) is 11.5 Å². The Morgan fingerprint density at radius 2 is 1.62 bits per heavy atom. The molecule has 1 amide bonds. The summed E-state index contributed by atoms with van der Waals surface area (Å²) in [6.45, 7) is 1.51. The van der Waals surface area contributed by atoms with E-state index in [1.54, 1.807) is 43.5 Å². The van der Waals surface area contributed by atoms with Gasteiger partial charge in [0.2, 0.25) is 15.9 Å². The number of primary amides is 1. The number of amides is 1. The number of hydrogen-bond acceptors (Lipinski definition) is 5. The highest BCUT2D eigenvalue weighted by atomic mass is 32.2. The first kappa shape index (κ1) is 19.7. The summed E-state index contributed by atoms with van der Waals surface area (Å²) >= 11 is 0. The molecule has 2 aromatic carbocycles. The fourth-order valence-electron chi connectivity index (χ4n) is 2.25. The Kier molecular flexibility index (Phi) is 6.59. The third-order valence-corrected chi connectivity index (χ3v) is 5.52. The smallest absolute Gasteiger partial charge is 0.243 e. The Bertz CT molecular complexity index is 833. The van der Waals surface area contributed by atoms with Gasteiger partial charge in [-0.05, 0) is 43.3 Å². The van der Waals surface area contributed by atoms with Crippen LogP contribution in [-0.2, 0) is 14.8 Å². The lowest BCUT2D eigenvalue weighted by molar-refractivity contribution is -0.118. The van der Waals surface area contributed by atoms with Crippen LogP contribution in [0.1, 0.15) is 5.56 Å². The second-order valence-electron chi connectivity index (χ2n) is 5.64. The summed E-state index contributed by atoms with van der Waals surface area (Å²) in [5.41, 5.74) is 6.15. The monoisotopic (exact) mass is 378 g/mol. The maximum atomic E-state index is 12.8. The first-order valence-electron chi connectivity index (χ1n) is 7.95. The average molecular weight is 378 g/mol. The number of benzene rings is 2. The normalized spacial score (nSPS) is 11.3. The lowest BCUT2D eigenvalue weighted by atomic mass is 10.2. The molecule has 0 saturated heterocycles. The summed E-state index contributed by atoms with van der Waals surface area (Å²) < 4.78 is 37.1. The number of hydrogen-bond donors (Lipinski definition) is 1. The van der Waals surface area contributed by atoms with E-state index in [2.05, 4.69) is 0 Å². The van der Waals surface area contributed by atoms with Gasteiger partial charge in [-0.1, -0.05) is 17.7 Å². The molecule has 2 N–H and O–H groups in total. The fraction of sp³-hybridized carbons (Fsp3) is 0.278. The SMILES string of the molecule is COc1ccc(OCCN(CC(N)=O)S(=O)(=O)c2ccc(C)cc2)cc1. The van der Waals surface area contributed by atoms with Gasteiger partial charge in [-0.15, -0.1) is 0 Å². The zero-order valence-electron chi connectivity index (χ0n) is 14.7. The Balaban J connectivity index is 2.08. The van der Waals surface area contributed by atoms with Gasteiger partial charge in [0.1, 0.15) is 18.1 Å². The third kappa shape index (κ3) is 5.21. The van der Waals surface area contributed by atoms with Crippen molar-refractivity contribution in [3.8, 4) is 11.5 Å². The average Bonchev–Trinajstić information content (AvgIpc) is 2.61. The summed E-state index contributed by atoms with van der Waals surface area (Å²) in [4.78, 5) is 11.4. The van der Waals surface area contributed by atoms with Crippen LogP contribution in [-0.4, -0.2) is 45.4 Å². The molecule has 0 unspecified atom stereocenters. The van der Waals surface area contributed by atoms with Crippen molar-refractivity contribution < 1.29 is 22.7 Å². The van der Waals surface area contributed by atoms with E-state index in [1.165, 1.54) is 12.1 Å². The molecular formula is C18H22N2O5S. The van der Waals surface area contributed by atoms with E-state index in [0.717, 1.165) is 9.87 Å². The number of methoxy groups -OCH3 is 1. The summed E-state index contributed by atoms with van der Waals surface area (Å²) in [5.74, 6) is 0.525. The largest absolute Gasteiger partial charge is 0.497 e. The van der Waals surface area contributed by atoms with Crippen LogP contribution >= 0.6 is 0 Å². The maximum Gasteiger partial charge on any atom is 0.243 e. The lowest BCUT2D eigenvalue weighted by Gasteiger charge is -2.21. The Labute approximate surface area is 153 Å². The minimum absolute atomic E-state index is 0.00875. The summed E-state index contributed by atoms with van der Waals surface area (Å²) in [7, 11) is -2.28. The minimum Gasteiger partial charge on any atom is -0.497 e. The number of aryl methyl sites for hydroxylation is 1. The number of sulfonamides is 1. The molecule has 0 atom stereocenters. The third-order valence-electron chi connectivity index (χ3n) is 3.66. The van der Waals surface area contributed by atoms with Crippen molar-refractivity contribution in [1.82, 2.24) is 4.31 Å². The van der Waals surface area contributed by atoms with Gasteiger partial charge in [0.15, 0.2) is 0 Å². The van der Waals surface area contributed by atoms with Crippen LogP contribution in [0.3, 0.4) is 0 Å². The second kappa shape index (κ2) is 8.68. The highest BCUT2D eigenvalue weighted by molar-refractivity contribution is 7.89. The predicted octanol–water partition coefficient (Wildman–Crippen LogP) is 1.56. The molecule has 26 heavy (non-hydrogen) atoms. The van der Waals surface area contributed by atoms with Crippen LogP contribution in [0.4, 0.5) is 0 Å². The van der Waals surface area contributed by atoms with E-state index < -0.39 is 22.5 Å². The molecule has 0 aliphatic heterocycles. The quantitative estimate of drug-likeness (QED) is 0.714. The molecule has 0 aliphatic rings. The molecule has 8 heteroatoms. The van der Waals surface area contributed by atoms with E-state index in [-0.39, 0.29) is 18.0 Å². The van der Waals surface area contributed by atoms with Crippen LogP contribution in [0.2, 0.25) is 0 Å². The zero-order valence-corrected chi connectivity index (χ0v) is 15.5. The molecule has 0 fully saturated rings. The Hall–Kier alpha value is -2.58. The maximum absolute atomic E-state index is 12.8. The minimum atomic E-state index is -3.85. The lowest BCUT2D eigenvalue weighted by Crippen LogP contribution is -2.40. The molecule has 0 radical (unpaired) electrons. The number of carbonyl (C=O) groups excluding carboxylic acids is 1. The van der Waals surface area contributed by atoms with Gasteiger partial charge in [-0.2, -0.15) is 4.31 Å². The van der Waals surface area contributed by atoms with Gasteiger partial charge in [0.05, 0.1) is 18.6 Å². The van der Waals surface area contributed by atoms with Crippen LogP contribution in [0.15, 0.2) is 53.4 Å². The number of ether oxygens (including phenoxy) is 2. The van der Waals surface area contributed by atoms with E-state index >= 15 is 0 Å². The highest BCUT2D eigenvalue weighted by Crippen LogP contribution is 2.18. The highest BCUT2D eigenvalue weighted by Gasteiger charge is 2.25. The summed E-state index contributed by atoms with van der Waals surface area (Å²) in [6, 6.07) is 13.3. The van der Waals surface area contributed by atoms with E-state index in [1.807, 2.05) is 6.92 Å².